The molecule has 3 rings (SSSR count). The highest BCUT2D eigenvalue weighted by Crippen LogP contribution is 2.15. The Bertz CT molecular complexity index is 738. The molecular weight excluding hydrogens is 328 g/mol. The van der Waals surface area contributed by atoms with Gasteiger partial charge in [-0.3, -0.25) is 4.90 Å². The molecule has 0 radical (unpaired) electrons. The molecule has 0 spiro atoms. The van der Waals surface area contributed by atoms with E-state index in [1.807, 2.05) is 30.3 Å². The Hall–Kier alpha value is -2.70. The Morgan fingerprint density at radius 2 is 1.77 bits per heavy atom. The zero-order valence-electron chi connectivity index (χ0n) is 14.7. The summed E-state index contributed by atoms with van der Waals surface area (Å²) in [6.45, 7) is 6.78. The van der Waals surface area contributed by atoms with E-state index in [-0.39, 0.29) is 18.4 Å². The summed E-state index contributed by atoms with van der Waals surface area (Å²) in [6.07, 6.45) is 7.27. The molecule has 0 aliphatic carbocycles. The third-order valence-electron chi connectivity index (χ3n) is 4.54. The number of hydrogen-bond donors (Lipinski definition) is 2. The maximum atomic E-state index is 9.76. The van der Waals surface area contributed by atoms with E-state index in [0.717, 1.165) is 31.7 Å². The van der Waals surface area contributed by atoms with Crippen molar-refractivity contribution in [3.8, 4) is 0 Å². The Balaban J connectivity index is 1.58. The van der Waals surface area contributed by atoms with E-state index in [0.29, 0.717) is 11.5 Å². The zero-order chi connectivity index (χ0) is 18.4. The van der Waals surface area contributed by atoms with Gasteiger partial charge in [-0.25, -0.2) is 9.97 Å². The number of nitrogens with zero attached hydrogens (tertiary/aromatic N) is 4. The molecule has 6 nitrogen and oxygen atoms in total. The maximum absolute atomic E-state index is 9.76. The molecule has 1 fully saturated rings. The van der Waals surface area contributed by atoms with E-state index < -0.39 is 0 Å². The van der Waals surface area contributed by atoms with Gasteiger partial charge in [0, 0.05) is 38.6 Å². The summed E-state index contributed by atoms with van der Waals surface area (Å²) < 4.78 is 0. The van der Waals surface area contributed by atoms with Crippen molar-refractivity contribution in [2.45, 2.75) is 6.04 Å². The highest BCUT2D eigenvalue weighted by atomic mass is 16.3. The molecule has 0 saturated carbocycles. The van der Waals surface area contributed by atoms with Crippen molar-refractivity contribution < 1.29 is 10.2 Å². The molecule has 6 heteroatoms. The average molecular weight is 352 g/mol. The van der Waals surface area contributed by atoms with Crippen molar-refractivity contribution in [2.75, 3.05) is 37.7 Å². The fraction of sp³-hybridized carbons (Fsp3) is 0.300. The molecule has 2 N–H and O–H groups in total. The van der Waals surface area contributed by atoms with Gasteiger partial charge in [-0.2, -0.15) is 0 Å². The predicted molar refractivity (Wildman–Crippen MR) is 104 cm³/mol. The standard InChI is InChI=1S/C20H24N4O2/c1-16(26)18-13-21-20(22-14-18)24-11-9-23(10-12-24)19(15-25)8-7-17-5-3-2-4-6-17/h2-8,13-14,19,25-26H,1,9-12,15H2/b8-7+. The van der Waals surface area contributed by atoms with Crippen LogP contribution in [0.3, 0.4) is 0 Å². The molecule has 0 amide bonds. The smallest absolute Gasteiger partial charge is 0.225 e. The number of aromatic nitrogens is 2. The van der Waals surface area contributed by atoms with Crippen molar-refractivity contribution in [2.24, 2.45) is 0 Å². The van der Waals surface area contributed by atoms with Gasteiger partial charge in [0.05, 0.1) is 18.2 Å². The van der Waals surface area contributed by atoms with E-state index in [4.69, 9.17) is 0 Å². The lowest BCUT2D eigenvalue weighted by Crippen LogP contribution is -2.51. The summed E-state index contributed by atoms with van der Waals surface area (Å²) in [5, 5.41) is 19.1. The first-order chi connectivity index (χ1) is 12.7. The number of aliphatic hydroxyl groups is 2. The van der Waals surface area contributed by atoms with Crippen LogP contribution in [0, 0.1) is 0 Å². The van der Waals surface area contributed by atoms with Gasteiger partial charge in [-0.05, 0) is 5.56 Å². The Labute approximate surface area is 153 Å². The Morgan fingerprint density at radius 3 is 2.35 bits per heavy atom. The second-order valence-corrected chi connectivity index (χ2v) is 6.26. The van der Waals surface area contributed by atoms with Crippen LogP contribution in [0.1, 0.15) is 11.1 Å². The first kappa shape index (κ1) is 18.1. The third-order valence-corrected chi connectivity index (χ3v) is 4.54. The summed E-state index contributed by atoms with van der Waals surface area (Å²) in [5.74, 6) is 0.618. The minimum absolute atomic E-state index is 0.00152. The lowest BCUT2D eigenvalue weighted by atomic mass is 10.1. The molecule has 1 aromatic carbocycles. The van der Waals surface area contributed by atoms with Gasteiger partial charge in [0.25, 0.3) is 0 Å². The van der Waals surface area contributed by atoms with Crippen molar-refractivity contribution in [1.82, 2.24) is 14.9 Å². The second kappa shape index (κ2) is 8.60. The van der Waals surface area contributed by atoms with Crippen molar-refractivity contribution in [3.63, 3.8) is 0 Å². The van der Waals surface area contributed by atoms with Crippen LogP contribution in [-0.2, 0) is 0 Å². The molecule has 1 unspecified atom stereocenters. The van der Waals surface area contributed by atoms with Crippen LogP contribution in [0.15, 0.2) is 55.4 Å². The Kier molecular flexibility index (Phi) is 5.99. The summed E-state index contributed by atoms with van der Waals surface area (Å²) in [5.41, 5.74) is 1.65. The summed E-state index contributed by atoms with van der Waals surface area (Å²) >= 11 is 0. The summed E-state index contributed by atoms with van der Waals surface area (Å²) in [6, 6.07) is 10.1. The molecule has 1 aliphatic rings. The number of hydrogen-bond acceptors (Lipinski definition) is 6. The first-order valence-corrected chi connectivity index (χ1v) is 8.71. The quantitative estimate of drug-likeness (QED) is 0.777. The monoisotopic (exact) mass is 352 g/mol. The average Bonchev–Trinajstić information content (AvgIpc) is 2.70. The van der Waals surface area contributed by atoms with E-state index >= 15 is 0 Å². The van der Waals surface area contributed by atoms with Crippen LogP contribution in [-0.4, -0.2) is 63.9 Å². The molecule has 136 valence electrons. The maximum Gasteiger partial charge on any atom is 0.225 e. The minimum atomic E-state index is -0.0302. The van der Waals surface area contributed by atoms with Gasteiger partial charge in [-0.15, -0.1) is 0 Å². The summed E-state index contributed by atoms with van der Waals surface area (Å²) in [7, 11) is 0. The third kappa shape index (κ3) is 4.47. The number of rotatable bonds is 6. The van der Waals surface area contributed by atoms with Crippen LogP contribution < -0.4 is 4.90 Å². The molecule has 2 heterocycles. The fourth-order valence-corrected chi connectivity index (χ4v) is 2.97. The molecule has 1 saturated heterocycles. The van der Waals surface area contributed by atoms with Crippen LogP contribution in [0.25, 0.3) is 11.8 Å². The van der Waals surface area contributed by atoms with E-state index in [2.05, 4.69) is 38.5 Å². The largest absolute Gasteiger partial charge is 0.508 e. The first-order valence-electron chi connectivity index (χ1n) is 8.71. The SMILES string of the molecule is C=C(O)c1cnc(N2CCN(C(/C=C/c3ccccc3)CO)CC2)nc1. The van der Waals surface area contributed by atoms with Gasteiger partial charge in [-0.1, -0.05) is 49.1 Å². The number of aliphatic hydroxyl groups excluding tert-OH is 2. The van der Waals surface area contributed by atoms with Gasteiger partial charge >= 0.3 is 0 Å². The van der Waals surface area contributed by atoms with Crippen LogP contribution in [0.2, 0.25) is 0 Å². The highest BCUT2D eigenvalue weighted by Gasteiger charge is 2.23. The zero-order valence-corrected chi connectivity index (χ0v) is 14.7. The topological polar surface area (TPSA) is 72.7 Å². The number of piperazine rings is 1. The van der Waals surface area contributed by atoms with E-state index in [1.54, 1.807) is 12.4 Å². The second-order valence-electron chi connectivity index (χ2n) is 6.26. The fourth-order valence-electron chi connectivity index (χ4n) is 2.97. The molecular formula is C20H24N4O2. The predicted octanol–water partition coefficient (Wildman–Crippen LogP) is 2.20. The number of benzene rings is 1. The molecule has 1 aliphatic heterocycles. The number of anilines is 1. The van der Waals surface area contributed by atoms with Gasteiger partial charge in [0.2, 0.25) is 5.95 Å². The van der Waals surface area contributed by atoms with Crippen LogP contribution >= 0.6 is 0 Å². The van der Waals surface area contributed by atoms with E-state index in [9.17, 15) is 10.2 Å². The van der Waals surface area contributed by atoms with E-state index in [1.165, 1.54) is 0 Å². The van der Waals surface area contributed by atoms with Gasteiger partial charge in [0.15, 0.2) is 0 Å². The van der Waals surface area contributed by atoms with Gasteiger partial charge < -0.3 is 15.1 Å². The van der Waals surface area contributed by atoms with Crippen LogP contribution in [0.5, 0.6) is 0 Å². The highest BCUT2D eigenvalue weighted by molar-refractivity contribution is 5.54. The molecule has 0 bridgehead atoms. The lowest BCUT2D eigenvalue weighted by molar-refractivity contribution is 0.145. The normalized spacial score (nSPS) is 16.7. The van der Waals surface area contributed by atoms with Crippen molar-refractivity contribution >= 4 is 17.8 Å². The van der Waals surface area contributed by atoms with Gasteiger partial charge in [0.1, 0.15) is 5.76 Å². The molecule has 2 aromatic rings. The minimum Gasteiger partial charge on any atom is -0.508 e. The lowest BCUT2D eigenvalue weighted by Gasteiger charge is -2.37. The van der Waals surface area contributed by atoms with Crippen LogP contribution in [0.4, 0.5) is 5.95 Å². The molecule has 26 heavy (non-hydrogen) atoms. The van der Waals surface area contributed by atoms with Crippen molar-refractivity contribution in [1.29, 1.82) is 0 Å². The molecule has 1 aromatic heterocycles. The summed E-state index contributed by atoms with van der Waals surface area (Å²) in [4.78, 5) is 13.0. The van der Waals surface area contributed by atoms with Crippen molar-refractivity contribution in [3.05, 3.63) is 66.5 Å². The Morgan fingerprint density at radius 1 is 1.12 bits per heavy atom. The molecule has 1 atom stereocenters.